The molecule has 0 saturated carbocycles. The fourth-order valence-electron chi connectivity index (χ4n) is 3.10. The van der Waals surface area contributed by atoms with Gasteiger partial charge < -0.3 is 10.0 Å². The predicted molar refractivity (Wildman–Crippen MR) is 124 cm³/mol. The molecule has 5 nitrogen and oxygen atoms in total. The zero-order valence-corrected chi connectivity index (χ0v) is 17.5. The molecule has 1 heterocycles. The van der Waals surface area contributed by atoms with Crippen LogP contribution in [0.25, 0.3) is 0 Å². The molecule has 0 radical (unpaired) electrons. The number of nitrogens with zero attached hydrogens (tertiary/aromatic N) is 1. The van der Waals surface area contributed by atoms with Crippen molar-refractivity contribution in [3.8, 4) is 0 Å². The van der Waals surface area contributed by atoms with Gasteiger partial charge in [0.25, 0.3) is 5.91 Å². The van der Waals surface area contributed by atoms with E-state index in [2.05, 4.69) is 27.2 Å². The van der Waals surface area contributed by atoms with Crippen LogP contribution in [0.15, 0.2) is 108 Å². The van der Waals surface area contributed by atoms with Crippen LogP contribution >= 0.6 is 0 Å². The van der Waals surface area contributed by atoms with Gasteiger partial charge in [-0.2, -0.15) is 0 Å². The van der Waals surface area contributed by atoms with E-state index in [9.17, 15) is 9.00 Å². The van der Waals surface area contributed by atoms with Gasteiger partial charge in [-0.15, -0.1) is 0 Å². The summed E-state index contributed by atoms with van der Waals surface area (Å²) in [6, 6.07) is 30.1. The molecule has 154 valence electrons. The van der Waals surface area contributed by atoms with E-state index in [1.807, 2.05) is 42.5 Å². The van der Waals surface area contributed by atoms with Crippen LogP contribution in [0.1, 0.15) is 21.6 Å². The SMILES string of the molecule is O=C(Nc1ccc(S(=O)Nc2ccccc2Cc2ccccc2)cc1)c1ccccn1. The maximum Gasteiger partial charge on any atom is 0.274 e. The minimum atomic E-state index is -1.43. The van der Waals surface area contributed by atoms with E-state index in [1.165, 1.54) is 5.56 Å². The number of para-hydroxylation sites is 1. The largest absolute Gasteiger partial charge is 0.321 e. The van der Waals surface area contributed by atoms with Gasteiger partial charge in [0.05, 0.1) is 10.6 Å². The van der Waals surface area contributed by atoms with Crippen LogP contribution in [-0.4, -0.2) is 15.1 Å². The highest BCUT2D eigenvalue weighted by molar-refractivity contribution is 7.86. The molecule has 0 bridgehead atoms. The number of carbonyl (C=O) groups is 1. The molecule has 0 saturated heterocycles. The molecule has 4 aromatic rings. The third-order valence-electron chi connectivity index (χ3n) is 4.68. The lowest BCUT2D eigenvalue weighted by atomic mass is 10.0. The van der Waals surface area contributed by atoms with Crippen molar-refractivity contribution in [2.45, 2.75) is 11.3 Å². The van der Waals surface area contributed by atoms with Crippen molar-refractivity contribution in [3.63, 3.8) is 0 Å². The van der Waals surface area contributed by atoms with Crippen LogP contribution in [0.2, 0.25) is 0 Å². The smallest absolute Gasteiger partial charge is 0.274 e. The topological polar surface area (TPSA) is 71.1 Å². The van der Waals surface area contributed by atoms with E-state index in [0.717, 1.165) is 17.7 Å². The number of rotatable bonds is 7. The zero-order valence-electron chi connectivity index (χ0n) is 16.7. The minimum absolute atomic E-state index is 0.289. The molecular formula is C25H21N3O2S. The summed E-state index contributed by atoms with van der Waals surface area (Å²) in [5, 5.41) is 2.79. The molecule has 1 amide bonds. The van der Waals surface area contributed by atoms with Crippen LogP contribution < -0.4 is 10.0 Å². The van der Waals surface area contributed by atoms with E-state index < -0.39 is 11.0 Å². The Morgan fingerprint density at radius 2 is 1.52 bits per heavy atom. The monoisotopic (exact) mass is 427 g/mol. The van der Waals surface area contributed by atoms with E-state index >= 15 is 0 Å². The summed E-state index contributed by atoms with van der Waals surface area (Å²) in [7, 11) is -1.43. The highest BCUT2D eigenvalue weighted by Gasteiger charge is 2.10. The standard InChI is InChI=1S/C25H21N3O2S/c29-25(24-12-6-7-17-26-24)27-21-13-15-22(16-14-21)31(30)28-23-11-5-4-10-20(23)18-19-8-2-1-3-9-19/h1-17,28H,18H2,(H,27,29). The maximum absolute atomic E-state index is 12.9. The highest BCUT2D eigenvalue weighted by atomic mass is 32.2. The molecule has 1 atom stereocenters. The van der Waals surface area contributed by atoms with Crippen LogP contribution in [0, 0.1) is 0 Å². The van der Waals surface area contributed by atoms with Crippen molar-refractivity contribution in [3.05, 3.63) is 120 Å². The number of aromatic nitrogens is 1. The lowest BCUT2D eigenvalue weighted by Crippen LogP contribution is -2.13. The quantitative estimate of drug-likeness (QED) is 0.433. The summed E-state index contributed by atoms with van der Waals surface area (Å²) in [4.78, 5) is 16.9. The Labute approximate surface area is 183 Å². The molecule has 0 aliphatic rings. The summed E-state index contributed by atoms with van der Waals surface area (Å²) in [6.45, 7) is 0. The molecule has 2 N–H and O–H groups in total. The number of benzene rings is 3. The Balaban J connectivity index is 1.43. The summed E-state index contributed by atoms with van der Waals surface area (Å²) in [5.41, 5.74) is 4.04. The van der Waals surface area contributed by atoms with Gasteiger partial charge in [-0.25, -0.2) is 4.21 Å². The molecule has 1 unspecified atom stereocenters. The number of hydrogen-bond donors (Lipinski definition) is 2. The Morgan fingerprint density at radius 3 is 2.26 bits per heavy atom. The van der Waals surface area contributed by atoms with Crippen molar-refractivity contribution in [1.29, 1.82) is 0 Å². The average Bonchev–Trinajstić information content (AvgIpc) is 2.82. The van der Waals surface area contributed by atoms with Crippen molar-refractivity contribution in [1.82, 2.24) is 4.98 Å². The molecule has 3 aromatic carbocycles. The zero-order chi connectivity index (χ0) is 21.5. The van der Waals surface area contributed by atoms with Crippen LogP contribution in [0.3, 0.4) is 0 Å². The fourth-order valence-corrected chi connectivity index (χ4v) is 4.00. The lowest BCUT2D eigenvalue weighted by molar-refractivity contribution is 0.102. The van der Waals surface area contributed by atoms with Crippen LogP contribution in [0.4, 0.5) is 11.4 Å². The molecule has 4 rings (SSSR count). The van der Waals surface area contributed by atoms with Crippen molar-refractivity contribution < 1.29 is 9.00 Å². The van der Waals surface area contributed by atoms with Crippen LogP contribution in [0.5, 0.6) is 0 Å². The summed E-state index contributed by atoms with van der Waals surface area (Å²) < 4.78 is 16.0. The van der Waals surface area contributed by atoms with Gasteiger partial charge in [-0.05, 0) is 60.0 Å². The van der Waals surface area contributed by atoms with E-state index in [0.29, 0.717) is 16.3 Å². The first-order valence-electron chi connectivity index (χ1n) is 9.82. The molecule has 0 aliphatic carbocycles. The first kappa shape index (κ1) is 20.5. The third-order valence-corrected chi connectivity index (χ3v) is 5.79. The Morgan fingerprint density at radius 1 is 0.806 bits per heavy atom. The van der Waals surface area contributed by atoms with Gasteiger partial charge in [0.2, 0.25) is 0 Å². The van der Waals surface area contributed by atoms with Gasteiger partial charge in [0, 0.05) is 11.9 Å². The van der Waals surface area contributed by atoms with Gasteiger partial charge in [-0.3, -0.25) is 9.78 Å². The molecule has 0 aliphatic heterocycles. The summed E-state index contributed by atoms with van der Waals surface area (Å²) in [6.07, 6.45) is 2.32. The highest BCUT2D eigenvalue weighted by Crippen LogP contribution is 2.22. The number of nitrogens with one attached hydrogen (secondary N) is 2. The Kier molecular flexibility index (Phi) is 6.50. The van der Waals surface area contributed by atoms with Crippen molar-refractivity contribution in [2.75, 3.05) is 10.0 Å². The van der Waals surface area contributed by atoms with Gasteiger partial charge >= 0.3 is 0 Å². The second-order valence-corrected chi connectivity index (χ2v) is 8.10. The fraction of sp³-hybridized carbons (Fsp3) is 0.0400. The van der Waals surface area contributed by atoms with Crippen LogP contribution in [-0.2, 0) is 17.4 Å². The first-order chi connectivity index (χ1) is 15.2. The molecular weight excluding hydrogens is 406 g/mol. The van der Waals surface area contributed by atoms with Gasteiger partial charge in [-0.1, -0.05) is 54.6 Å². The second kappa shape index (κ2) is 9.82. The number of pyridine rings is 1. The molecule has 1 aromatic heterocycles. The normalized spacial score (nSPS) is 11.5. The van der Waals surface area contributed by atoms with Gasteiger partial charge in [0.15, 0.2) is 0 Å². The number of carbonyl (C=O) groups excluding carboxylic acids is 1. The molecule has 0 fully saturated rings. The number of amides is 1. The van der Waals surface area contributed by atoms with E-state index in [4.69, 9.17) is 0 Å². The molecule has 6 heteroatoms. The maximum atomic E-state index is 12.9. The van der Waals surface area contributed by atoms with Crippen molar-refractivity contribution in [2.24, 2.45) is 0 Å². The van der Waals surface area contributed by atoms with Crippen molar-refractivity contribution >= 4 is 28.3 Å². The summed E-state index contributed by atoms with van der Waals surface area (Å²) in [5.74, 6) is -0.289. The number of anilines is 2. The first-order valence-corrected chi connectivity index (χ1v) is 11.0. The molecule has 31 heavy (non-hydrogen) atoms. The average molecular weight is 428 g/mol. The predicted octanol–water partition coefficient (Wildman–Crippen LogP) is 5.06. The lowest BCUT2D eigenvalue weighted by Gasteiger charge is -2.12. The Bertz CT molecular complexity index is 1180. The second-order valence-electron chi connectivity index (χ2n) is 6.88. The van der Waals surface area contributed by atoms with E-state index in [1.54, 1.807) is 48.7 Å². The molecule has 0 spiro atoms. The van der Waals surface area contributed by atoms with E-state index in [-0.39, 0.29) is 5.91 Å². The summed E-state index contributed by atoms with van der Waals surface area (Å²) >= 11 is 0. The Hall–Kier alpha value is -3.77. The minimum Gasteiger partial charge on any atom is -0.321 e. The third kappa shape index (κ3) is 5.43. The number of hydrogen-bond acceptors (Lipinski definition) is 3. The van der Waals surface area contributed by atoms with Gasteiger partial charge in [0.1, 0.15) is 16.7 Å².